The minimum atomic E-state index is -0.548. The molecule has 2 N–H and O–H groups in total. The van der Waals surface area contributed by atoms with Crippen LogP contribution in [0.4, 0.5) is 11.4 Å². The lowest BCUT2D eigenvalue weighted by atomic mass is 10.4. The molecule has 0 saturated carbocycles. The van der Waals surface area contributed by atoms with Crippen LogP contribution in [-0.4, -0.2) is 9.91 Å². The molecule has 0 atom stereocenters. The van der Waals surface area contributed by atoms with E-state index in [2.05, 4.69) is 20.9 Å². The average Bonchev–Trinajstić information content (AvgIpc) is 1.94. The third-order valence-corrected chi connectivity index (χ3v) is 1.95. The van der Waals surface area contributed by atoms with Crippen LogP contribution in [0.5, 0.6) is 0 Å². The van der Waals surface area contributed by atoms with E-state index in [-0.39, 0.29) is 15.8 Å². The van der Waals surface area contributed by atoms with E-state index in [0.29, 0.717) is 0 Å². The first kappa shape index (κ1) is 7.93. The Kier molecular flexibility index (Phi) is 2.04. The molecule has 0 aliphatic heterocycles. The Morgan fingerprint density at radius 2 is 2.27 bits per heavy atom. The summed E-state index contributed by atoms with van der Waals surface area (Å²) in [5, 5.41) is 10.3. The van der Waals surface area contributed by atoms with Crippen LogP contribution >= 0.6 is 15.9 Å². The third kappa shape index (κ3) is 1.45. The van der Waals surface area contributed by atoms with Crippen LogP contribution in [0.1, 0.15) is 0 Å². The van der Waals surface area contributed by atoms with Gasteiger partial charge in [0.1, 0.15) is 10.7 Å². The highest BCUT2D eigenvalue weighted by Crippen LogP contribution is 2.28. The molecule has 5 nitrogen and oxygen atoms in total. The second-order valence-corrected chi connectivity index (χ2v) is 2.61. The first-order valence-electron chi connectivity index (χ1n) is 2.66. The van der Waals surface area contributed by atoms with Gasteiger partial charge in [0.05, 0.1) is 16.8 Å². The molecule has 0 fully saturated rings. The fourth-order valence-electron chi connectivity index (χ4n) is 0.577. The number of hydrogen-bond donors (Lipinski definition) is 1. The average molecular weight is 218 g/mol. The van der Waals surface area contributed by atoms with Crippen molar-refractivity contribution in [2.24, 2.45) is 0 Å². The van der Waals surface area contributed by atoms with Gasteiger partial charge in [0.2, 0.25) is 0 Å². The zero-order chi connectivity index (χ0) is 8.43. The molecule has 0 aliphatic carbocycles. The molecule has 1 rings (SSSR count). The maximum Gasteiger partial charge on any atom is 0.303 e. The summed E-state index contributed by atoms with van der Waals surface area (Å²) >= 11 is 2.97. The summed E-state index contributed by atoms with van der Waals surface area (Å²) in [7, 11) is 0. The molecule has 0 spiro atoms. The molecule has 58 valence electrons. The Morgan fingerprint density at radius 3 is 2.73 bits per heavy atom. The Morgan fingerprint density at radius 1 is 1.64 bits per heavy atom. The number of aromatic nitrogens is 1. The summed E-state index contributed by atoms with van der Waals surface area (Å²) in [5.41, 5.74) is 5.49. The first-order valence-corrected chi connectivity index (χ1v) is 3.45. The number of nitrogens with two attached hydrogens (primary N) is 1. The van der Waals surface area contributed by atoms with E-state index in [0.717, 1.165) is 6.20 Å². The standard InChI is InChI=1S/C5H4BrN3O2/c6-5-3(7)1-8-2-4(5)9(10)11/h1-2H,7H2. The Bertz CT molecular complexity index is 302. The summed E-state index contributed by atoms with van der Waals surface area (Å²) in [5.74, 6) is 0. The number of hydrogen-bond acceptors (Lipinski definition) is 4. The second-order valence-electron chi connectivity index (χ2n) is 1.82. The Balaban J connectivity index is 3.27. The van der Waals surface area contributed by atoms with Gasteiger partial charge in [-0.05, 0) is 15.9 Å². The molecule has 0 aromatic carbocycles. The molecule has 11 heavy (non-hydrogen) atoms. The van der Waals surface area contributed by atoms with Crippen molar-refractivity contribution in [3.05, 3.63) is 27.0 Å². The predicted molar refractivity (Wildman–Crippen MR) is 43.0 cm³/mol. The zero-order valence-electron chi connectivity index (χ0n) is 5.32. The SMILES string of the molecule is Nc1cncc([N+](=O)[O-])c1Br. The second kappa shape index (κ2) is 2.83. The van der Waals surface area contributed by atoms with E-state index in [4.69, 9.17) is 5.73 Å². The fourth-order valence-corrected chi connectivity index (χ4v) is 0.926. The molecule has 0 unspecified atom stereocenters. The zero-order valence-corrected chi connectivity index (χ0v) is 6.91. The van der Waals surface area contributed by atoms with Gasteiger partial charge in [-0.1, -0.05) is 0 Å². The number of halogens is 1. The maximum absolute atomic E-state index is 10.3. The van der Waals surface area contributed by atoms with Crippen molar-refractivity contribution in [2.45, 2.75) is 0 Å². The fraction of sp³-hybridized carbons (Fsp3) is 0. The number of rotatable bonds is 1. The van der Waals surface area contributed by atoms with Crippen LogP contribution in [0.2, 0.25) is 0 Å². The van der Waals surface area contributed by atoms with E-state index in [9.17, 15) is 10.1 Å². The van der Waals surface area contributed by atoms with Gasteiger partial charge in [0.25, 0.3) is 0 Å². The van der Waals surface area contributed by atoms with Gasteiger partial charge in [0.15, 0.2) is 0 Å². The lowest BCUT2D eigenvalue weighted by molar-refractivity contribution is -0.385. The molecule has 6 heteroatoms. The van der Waals surface area contributed by atoms with E-state index in [1.165, 1.54) is 6.20 Å². The highest BCUT2D eigenvalue weighted by atomic mass is 79.9. The van der Waals surface area contributed by atoms with Gasteiger partial charge in [-0.15, -0.1) is 0 Å². The van der Waals surface area contributed by atoms with Crippen LogP contribution < -0.4 is 5.73 Å². The molecule has 0 aliphatic rings. The first-order chi connectivity index (χ1) is 5.13. The molecule has 0 saturated heterocycles. The summed E-state index contributed by atoms with van der Waals surface area (Å²) in [6, 6.07) is 0. The van der Waals surface area contributed by atoms with E-state index in [1.54, 1.807) is 0 Å². The minimum Gasteiger partial charge on any atom is -0.396 e. The lowest BCUT2D eigenvalue weighted by Gasteiger charge is -1.96. The molecular formula is C5H4BrN3O2. The molecule has 1 heterocycles. The lowest BCUT2D eigenvalue weighted by Crippen LogP contribution is -1.94. The van der Waals surface area contributed by atoms with Gasteiger partial charge < -0.3 is 5.73 Å². The largest absolute Gasteiger partial charge is 0.396 e. The van der Waals surface area contributed by atoms with Gasteiger partial charge >= 0.3 is 5.69 Å². The van der Waals surface area contributed by atoms with E-state index in [1.807, 2.05) is 0 Å². The molecule has 1 aromatic rings. The summed E-state index contributed by atoms with van der Waals surface area (Å²) < 4.78 is 0.275. The Labute approximate surface area is 70.5 Å². The number of nitro groups is 1. The van der Waals surface area contributed by atoms with Gasteiger partial charge in [-0.3, -0.25) is 15.1 Å². The predicted octanol–water partition coefficient (Wildman–Crippen LogP) is 1.33. The van der Waals surface area contributed by atoms with Crippen molar-refractivity contribution in [2.75, 3.05) is 5.73 Å². The van der Waals surface area contributed by atoms with Crippen LogP contribution in [0.3, 0.4) is 0 Å². The topological polar surface area (TPSA) is 82.0 Å². The Hall–Kier alpha value is -1.17. The normalized spacial score (nSPS) is 9.55. The van der Waals surface area contributed by atoms with Crippen molar-refractivity contribution in [1.82, 2.24) is 4.98 Å². The summed E-state index contributed by atoms with van der Waals surface area (Å²) in [6.07, 6.45) is 2.48. The monoisotopic (exact) mass is 217 g/mol. The molecule has 0 radical (unpaired) electrons. The highest BCUT2D eigenvalue weighted by molar-refractivity contribution is 9.10. The molecule has 0 amide bonds. The van der Waals surface area contributed by atoms with Crippen LogP contribution in [0.25, 0.3) is 0 Å². The quantitative estimate of drug-likeness (QED) is 0.569. The van der Waals surface area contributed by atoms with Crippen molar-refractivity contribution in [1.29, 1.82) is 0 Å². The number of pyridine rings is 1. The van der Waals surface area contributed by atoms with Gasteiger partial charge in [-0.2, -0.15) is 0 Å². The summed E-state index contributed by atoms with van der Waals surface area (Å²) in [6.45, 7) is 0. The van der Waals surface area contributed by atoms with E-state index >= 15 is 0 Å². The van der Waals surface area contributed by atoms with Crippen LogP contribution in [0.15, 0.2) is 16.9 Å². The van der Waals surface area contributed by atoms with Crippen LogP contribution in [-0.2, 0) is 0 Å². The summed E-state index contributed by atoms with van der Waals surface area (Å²) in [4.78, 5) is 13.3. The number of nitrogens with zero attached hydrogens (tertiary/aromatic N) is 2. The van der Waals surface area contributed by atoms with Crippen molar-refractivity contribution >= 4 is 27.3 Å². The smallest absolute Gasteiger partial charge is 0.303 e. The maximum atomic E-state index is 10.3. The minimum absolute atomic E-state index is 0.120. The molecular weight excluding hydrogens is 214 g/mol. The number of anilines is 1. The highest BCUT2D eigenvalue weighted by Gasteiger charge is 2.13. The third-order valence-electron chi connectivity index (χ3n) is 1.09. The van der Waals surface area contributed by atoms with Crippen molar-refractivity contribution < 1.29 is 4.92 Å². The van der Waals surface area contributed by atoms with Gasteiger partial charge in [-0.25, -0.2) is 0 Å². The van der Waals surface area contributed by atoms with Gasteiger partial charge in [0, 0.05) is 0 Å². The molecule has 0 bridgehead atoms. The van der Waals surface area contributed by atoms with Crippen LogP contribution in [0, 0.1) is 10.1 Å². The van der Waals surface area contributed by atoms with Crippen molar-refractivity contribution in [3.8, 4) is 0 Å². The molecule has 1 aromatic heterocycles. The van der Waals surface area contributed by atoms with E-state index < -0.39 is 4.92 Å². The van der Waals surface area contributed by atoms with Crippen molar-refractivity contribution in [3.63, 3.8) is 0 Å². The number of nitrogen functional groups attached to an aromatic ring is 1.